The van der Waals surface area contributed by atoms with Crippen molar-refractivity contribution < 1.29 is 0 Å². The van der Waals surface area contributed by atoms with Crippen molar-refractivity contribution >= 4 is 6.21 Å². The average molecular weight is 151 g/mol. The third-order valence-corrected chi connectivity index (χ3v) is 2.23. The van der Waals surface area contributed by atoms with Crippen LogP contribution in [0.3, 0.4) is 0 Å². The molecule has 0 radical (unpaired) electrons. The molecule has 2 rings (SSSR count). The second-order valence-electron chi connectivity index (χ2n) is 3.14. The fourth-order valence-electron chi connectivity index (χ4n) is 1.55. The Hall–Kier alpha value is -0.830. The minimum atomic E-state index is 0.513. The summed E-state index contributed by atoms with van der Waals surface area (Å²) in [6.07, 6.45) is 6.10. The summed E-state index contributed by atoms with van der Waals surface area (Å²) >= 11 is 0. The van der Waals surface area contributed by atoms with Crippen LogP contribution in [0.5, 0.6) is 0 Å². The van der Waals surface area contributed by atoms with E-state index in [1.165, 1.54) is 0 Å². The zero-order valence-corrected chi connectivity index (χ0v) is 6.77. The van der Waals surface area contributed by atoms with Gasteiger partial charge < -0.3 is 4.90 Å². The first-order valence-corrected chi connectivity index (χ1v) is 4.02. The maximum atomic E-state index is 4.28. The predicted octanol–water partition coefficient (Wildman–Crippen LogP) is 0.158. The Morgan fingerprint density at radius 1 is 1.45 bits per heavy atom. The van der Waals surface area contributed by atoms with Gasteiger partial charge in [-0.1, -0.05) is 6.08 Å². The summed E-state index contributed by atoms with van der Waals surface area (Å²) in [4.78, 5) is 2.34. The summed E-state index contributed by atoms with van der Waals surface area (Å²) in [5.41, 5.74) is 0. The van der Waals surface area contributed by atoms with Crippen molar-refractivity contribution in [3.8, 4) is 0 Å². The Kier molecular flexibility index (Phi) is 1.66. The molecule has 1 unspecified atom stereocenters. The van der Waals surface area contributed by atoms with E-state index >= 15 is 0 Å². The van der Waals surface area contributed by atoms with Gasteiger partial charge in [-0.15, -0.1) is 0 Å². The smallest absolute Gasteiger partial charge is 0.0781 e. The fraction of sp³-hybridized carbons (Fsp3) is 0.625. The van der Waals surface area contributed by atoms with Crippen molar-refractivity contribution in [2.45, 2.75) is 6.04 Å². The van der Waals surface area contributed by atoms with Crippen LogP contribution in [0.1, 0.15) is 0 Å². The molecule has 2 aliphatic rings. The van der Waals surface area contributed by atoms with Crippen LogP contribution in [0.4, 0.5) is 0 Å². The van der Waals surface area contributed by atoms with Gasteiger partial charge in [-0.2, -0.15) is 5.10 Å². The molecule has 3 nitrogen and oxygen atoms in total. The molecule has 1 saturated heterocycles. The number of allylic oxidation sites excluding steroid dienone is 1. The first-order valence-electron chi connectivity index (χ1n) is 4.02. The standard InChI is InChI=1S/C8H13N3/c1-10-5-6-11-8(7-10)3-2-4-9-11/h2-4,8H,5-7H2,1H3. The number of fused-ring (bicyclic) bond motifs is 1. The van der Waals surface area contributed by atoms with E-state index in [0.29, 0.717) is 6.04 Å². The van der Waals surface area contributed by atoms with Crippen molar-refractivity contribution in [2.75, 3.05) is 26.7 Å². The lowest BCUT2D eigenvalue weighted by molar-refractivity contribution is 0.118. The van der Waals surface area contributed by atoms with Gasteiger partial charge in [-0.05, 0) is 13.1 Å². The van der Waals surface area contributed by atoms with Crippen LogP contribution < -0.4 is 0 Å². The molecular formula is C8H13N3. The van der Waals surface area contributed by atoms with E-state index in [0.717, 1.165) is 19.6 Å². The Labute approximate surface area is 67.0 Å². The molecule has 1 fully saturated rings. The average Bonchev–Trinajstić information content (AvgIpc) is 2.04. The van der Waals surface area contributed by atoms with Gasteiger partial charge in [-0.3, -0.25) is 5.01 Å². The molecule has 3 heteroatoms. The first kappa shape index (κ1) is 6.85. The summed E-state index contributed by atoms with van der Waals surface area (Å²) in [6, 6.07) is 0.513. The van der Waals surface area contributed by atoms with E-state index < -0.39 is 0 Å². The molecule has 0 aliphatic carbocycles. The van der Waals surface area contributed by atoms with Gasteiger partial charge in [0.25, 0.3) is 0 Å². The van der Waals surface area contributed by atoms with Crippen molar-refractivity contribution in [2.24, 2.45) is 5.10 Å². The molecule has 0 aromatic carbocycles. The zero-order chi connectivity index (χ0) is 7.68. The number of piperazine rings is 1. The largest absolute Gasteiger partial charge is 0.302 e. The van der Waals surface area contributed by atoms with E-state index in [4.69, 9.17) is 0 Å². The van der Waals surface area contributed by atoms with Crippen molar-refractivity contribution in [3.63, 3.8) is 0 Å². The molecule has 0 amide bonds. The molecule has 0 aromatic heterocycles. The Bertz CT molecular complexity index is 198. The third kappa shape index (κ3) is 1.28. The summed E-state index contributed by atoms with van der Waals surface area (Å²) in [5.74, 6) is 0. The molecule has 0 N–H and O–H groups in total. The molecule has 0 spiro atoms. The van der Waals surface area contributed by atoms with Crippen LogP contribution >= 0.6 is 0 Å². The molecule has 2 aliphatic heterocycles. The second kappa shape index (κ2) is 2.66. The van der Waals surface area contributed by atoms with Crippen LogP contribution in [0.2, 0.25) is 0 Å². The predicted molar refractivity (Wildman–Crippen MR) is 45.6 cm³/mol. The molecule has 0 bridgehead atoms. The number of hydrogen-bond acceptors (Lipinski definition) is 3. The monoisotopic (exact) mass is 151 g/mol. The van der Waals surface area contributed by atoms with Crippen LogP contribution in [0, 0.1) is 0 Å². The van der Waals surface area contributed by atoms with Gasteiger partial charge in [0.2, 0.25) is 0 Å². The summed E-state index contributed by atoms with van der Waals surface area (Å²) in [5, 5.41) is 6.43. The molecule has 11 heavy (non-hydrogen) atoms. The maximum Gasteiger partial charge on any atom is 0.0781 e. The summed E-state index contributed by atoms with van der Waals surface area (Å²) in [6.45, 7) is 3.29. The van der Waals surface area contributed by atoms with Gasteiger partial charge in [0, 0.05) is 25.8 Å². The van der Waals surface area contributed by atoms with E-state index in [-0.39, 0.29) is 0 Å². The number of hydrogen-bond donors (Lipinski definition) is 0. The van der Waals surface area contributed by atoms with Gasteiger partial charge in [0.1, 0.15) is 0 Å². The summed E-state index contributed by atoms with van der Waals surface area (Å²) < 4.78 is 0. The number of likely N-dealkylation sites (N-methyl/N-ethyl adjacent to an activating group) is 1. The third-order valence-electron chi connectivity index (χ3n) is 2.23. The highest BCUT2D eigenvalue weighted by Crippen LogP contribution is 2.11. The van der Waals surface area contributed by atoms with E-state index in [1.54, 1.807) is 0 Å². The molecule has 0 aromatic rings. The maximum absolute atomic E-state index is 4.28. The second-order valence-corrected chi connectivity index (χ2v) is 3.14. The van der Waals surface area contributed by atoms with E-state index in [9.17, 15) is 0 Å². The minimum absolute atomic E-state index is 0.513. The Morgan fingerprint density at radius 3 is 3.27 bits per heavy atom. The number of hydrazone groups is 1. The van der Waals surface area contributed by atoms with Crippen LogP contribution in [0.25, 0.3) is 0 Å². The van der Waals surface area contributed by atoms with Crippen molar-refractivity contribution in [1.29, 1.82) is 0 Å². The molecular weight excluding hydrogens is 138 g/mol. The highest BCUT2D eigenvalue weighted by Gasteiger charge is 2.22. The van der Waals surface area contributed by atoms with Crippen LogP contribution in [0.15, 0.2) is 17.3 Å². The SMILES string of the molecule is CN1CCN2N=CC=CC2C1. The lowest BCUT2D eigenvalue weighted by atomic mass is 10.2. The highest BCUT2D eigenvalue weighted by atomic mass is 15.5. The normalized spacial score (nSPS) is 30.6. The fourth-order valence-corrected chi connectivity index (χ4v) is 1.55. The first-order chi connectivity index (χ1) is 5.36. The van der Waals surface area contributed by atoms with Crippen LogP contribution in [-0.2, 0) is 0 Å². The molecule has 2 heterocycles. The van der Waals surface area contributed by atoms with Crippen molar-refractivity contribution in [3.05, 3.63) is 12.2 Å². The highest BCUT2D eigenvalue weighted by molar-refractivity contribution is 5.71. The lowest BCUT2D eigenvalue weighted by Crippen LogP contribution is -2.49. The van der Waals surface area contributed by atoms with E-state index in [1.807, 2.05) is 12.3 Å². The van der Waals surface area contributed by atoms with Gasteiger partial charge in [0.15, 0.2) is 0 Å². The minimum Gasteiger partial charge on any atom is -0.302 e. The quantitative estimate of drug-likeness (QED) is 0.491. The Morgan fingerprint density at radius 2 is 2.36 bits per heavy atom. The van der Waals surface area contributed by atoms with Gasteiger partial charge >= 0.3 is 0 Å². The van der Waals surface area contributed by atoms with Crippen molar-refractivity contribution in [1.82, 2.24) is 9.91 Å². The van der Waals surface area contributed by atoms with Gasteiger partial charge in [0.05, 0.1) is 6.04 Å². The number of rotatable bonds is 0. The number of nitrogens with zero attached hydrogens (tertiary/aromatic N) is 3. The molecule has 0 saturated carbocycles. The van der Waals surface area contributed by atoms with E-state index in [2.05, 4.69) is 28.1 Å². The lowest BCUT2D eigenvalue weighted by Gasteiger charge is -2.37. The zero-order valence-electron chi connectivity index (χ0n) is 6.77. The van der Waals surface area contributed by atoms with Gasteiger partial charge in [-0.25, -0.2) is 0 Å². The topological polar surface area (TPSA) is 18.8 Å². The van der Waals surface area contributed by atoms with Crippen LogP contribution in [-0.4, -0.2) is 48.8 Å². The molecule has 60 valence electrons. The summed E-state index contributed by atoms with van der Waals surface area (Å²) in [7, 11) is 2.16. The molecule has 1 atom stereocenters. The Balaban J connectivity index is 2.07.